The second-order valence-electron chi connectivity index (χ2n) is 6.67. The van der Waals surface area contributed by atoms with Crippen LogP contribution in [0, 0.1) is 0 Å². The molecule has 4 rings (SSSR count). The van der Waals surface area contributed by atoms with Crippen molar-refractivity contribution in [2.75, 3.05) is 6.54 Å². The molecule has 0 aliphatic carbocycles. The number of nitrogens with zero attached hydrogens (tertiary/aromatic N) is 4. The molecule has 0 unspecified atom stereocenters. The maximum Gasteiger partial charge on any atom is 0.315 e. The lowest BCUT2D eigenvalue weighted by atomic mass is 9.99. The molecule has 7 nitrogen and oxygen atoms in total. The predicted octanol–water partition coefficient (Wildman–Crippen LogP) is 3.43. The number of rotatable bonds is 7. The fourth-order valence-electron chi connectivity index (χ4n) is 3.23. The Morgan fingerprint density at radius 2 is 1.47 bits per heavy atom. The second-order valence-corrected chi connectivity index (χ2v) is 6.67. The third-order valence-electron chi connectivity index (χ3n) is 4.66. The predicted molar refractivity (Wildman–Crippen MR) is 115 cm³/mol. The zero-order valence-electron chi connectivity index (χ0n) is 16.3. The number of carbonyl (C=O) groups is 1. The third-order valence-corrected chi connectivity index (χ3v) is 4.66. The summed E-state index contributed by atoms with van der Waals surface area (Å²) in [5, 5.41) is 6.01. The Bertz CT molecular complexity index is 1030. The van der Waals surface area contributed by atoms with Gasteiger partial charge in [-0.1, -0.05) is 60.7 Å². The number of hydrogen-bond donors (Lipinski definition) is 2. The van der Waals surface area contributed by atoms with E-state index in [0.717, 1.165) is 11.1 Å². The third kappa shape index (κ3) is 4.70. The van der Waals surface area contributed by atoms with Crippen LogP contribution < -0.4 is 10.6 Å². The first kappa shape index (κ1) is 19.3. The summed E-state index contributed by atoms with van der Waals surface area (Å²) >= 11 is 0. The van der Waals surface area contributed by atoms with Crippen molar-refractivity contribution < 1.29 is 4.79 Å². The minimum absolute atomic E-state index is 0.228. The highest BCUT2D eigenvalue weighted by Gasteiger charge is 2.16. The molecule has 0 aliphatic heterocycles. The van der Waals surface area contributed by atoms with Crippen LogP contribution in [0.4, 0.5) is 4.79 Å². The van der Waals surface area contributed by atoms with Gasteiger partial charge in [0, 0.05) is 37.9 Å². The van der Waals surface area contributed by atoms with Crippen LogP contribution in [-0.2, 0) is 6.54 Å². The number of imidazole rings is 1. The van der Waals surface area contributed by atoms with Crippen molar-refractivity contribution >= 4 is 6.03 Å². The maximum atomic E-state index is 12.6. The fraction of sp³-hybridized carbons (Fsp3) is 0.130. The zero-order valence-corrected chi connectivity index (χ0v) is 16.3. The van der Waals surface area contributed by atoms with Crippen molar-refractivity contribution in [3.63, 3.8) is 0 Å². The van der Waals surface area contributed by atoms with E-state index in [-0.39, 0.29) is 12.1 Å². The molecular formula is C23H22N6O. The van der Waals surface area contributed by atoms with Crippen LogP contribution >= 0.6 is 0 Å². The van der Waals surface area contributed by atoms with E-state index in [0.29, 0.717) is 24.7 Å². The molecular weight excluding hydrogens is 376 g/mol. The van der Waals surface area contributed by atoms with E-state index in [1.54, 1.807) is 24.7 Å². The lowest BCUT2D eigenvalue weighted by Gasteiger charge is -2.20. The summed E-state index contributed by atoms with van der Waals surface area (Å²) in [5.41, 5.74) is 2.05. The maximum absolute atomic E-state index is 12.6. The van der Waals surface area contributed by atoms with Crippen LogP contribution in [0.2, 0.25) is 0 Å². The summed E-state index contributed by atoms with van der Waals surface area (Å²) in [5.74, 6) is 1.23. The summed E-state index contributed by atoms with van der Waals surface area (Å²) in [7, 11) is 0. The van der Waals surface area contributed by atoms with Crippen molar-refractivity contribution in [1.82, 2.24) is 30.2 Å². The van der Waals surface area contributed by atoms with Gasteiger partial charge in [-0.25, -0.2) is 19.7 Å². The van der Waals surface area contributed by atoms with Crippen LogP contribution in [0.5, 0.6) is 0 Å². The molecule has 2 amide bonds. The van der Waals surface area contributed by atoms with Gasteiger partial charge in [-0.3, -0.25) is 0 Å². The van der Waals surface area contributed by atoms with Gasteiger partial charge in [-0.05, 0) is 17.2 Å². The Labute approximate surface area is 174 Å². The molecule has 0 aliphatic rings. The molecule has 0 atom stereocenters. The standard InChI is InChI=1S/C23H22N6O/c30-23(27-15-17-29-16-14-26-22(29)21-24-12-7-13-25-21)28-20(18-8-3-1-4-9-18)19-10-5-2-6-11-19/h1-14,16,20H,15,17H2,(H2,27,28,30). The highest BCUT2D eigenvalue weighted by Crippen LogP contribution is 2.21. The van der Waals surface area contributed by atoms with Gasteiger partial charge >= 0.3 is 6.03 Å². The van der Waals surface area contributed by atoms with Gasteiger partial charge in [0.05, 0.1) is 6.04 Å². The molecule has 0 saturated carbocycles. The van der Waals surface area contributed by atoms with E-state index in [4.69, 9.17) is 0 Å². The molecule has 7 heteroatoms. The Morgan fingerprint density at radius 3 is 2.10 bits per heavy atom. The molecule has 2 N–H and O–H groups in total. The number of carbonyl (C=O) groups excluding carboxylic acids is 1. The van der Waals surface area contributed by atoms with Crippen molar-refractivity contribution in [1.29, 1.82) is 0 Å². The van der Waals surface area contributed by atoms with Crippen molar-refractivity contribution in [3.05, 3.63) is 103 Å². The summed E-state index contributed by atoms with van der Waals surface area (Å²) in [6.45, 7) is 1.00. The van der Waals surface area contributed by atoms with Gasteiger partial charge in [0.1, 0.15) is 0 Å². The number of urea groups is 1. The first-order valence-electron chi connectivity index (χ1n) is 9.74. The lowest BCUT2D eigenvalue weighted by Crippen LogP contribution is -2.39. The van der Waals surface area contributed by atoms with E-state index in [2.05, 4.69) is 25.6 Å². The molecule has 150 valence electrons. The summed E-state index contributed by atoms with van der Waals surface area (Å²) < 4.78 is 1.92. The minimum atomic E-state index is -0.231. The number of amides is 2. The quantitative estimate of drug-likeness (QED) is 0.500. The van der Waals surface area contributed by atoms with Crippen LogP contribution in [0.15, 0.2) is 91.5 Å². The Morgan fingerprint density at radius 1 is 0.833 bits per heavy atom. The van der Waals surface area contributed by atoms with Crippen molar-refractivity contribution in [2.45, 2.75) is 12.6 Å². The number of nitrogens with one attached hydrogen (secondary N) is 2. The Balaban J connectivity index is 1.39. The molecule has 2 heterocycles. The highest BCUT2D eigenvalue weighted by molar-refractivity contribution is 5.75. The Kier molecular flexibility index (Phi) is 6.10. The number of hydrogen-bond acceptors (Lipinski definition) is 4. The molecule has 0 fully saturated rings. The molecule has 2 aromatic carbocycles. The normalized spacial score (nSPS) is 10.7. The summed E-state index contributed by atoms with van der Waals surface area (Å²) in [6.07, 6.45) is 6.91. The number of aromatic nitrogens is 4. The topological polar surface area (TPSA) is 84.7 Å². The van der Waals surface area contributed by atoms with Gasteiger partial charge in [-0.2, -0.15) is 0 Å². The van der Waals surface area contributed by atoms with Crippen molar-refractivity contribution in [3.8, 4) is 11.6 Å². The van der Waals surface area contributed by atoms with Gasteiger partial charge in [0.2, 0.25) is 0 Å². The molecule has 30 heavy (non-hydrogen) atoms. The van der Waals surface area contributed by atoms with Crippen LogP contribution in [0.25, 0.3) is 11.6 Å². The van der Waals surface area contributed by atoms with E-state index < -0.39 is 0 Å². The zero-order chi connectivity index (χ0) is 20.6. The minimum Gasteiger partial charge on any atom is -0.336 e. The van der Waals surface area contributed by atoms with E-state index in [1.165, 1.54) is 0 Å². The van der Waals surface area contributed by atoms with Gasteiger partial charge in [0.15, 0.2) is 11.6 Å². The first-order valence-corrected chi connectivity index (χ1v) is 9.74. The monoisotopic (exact) mass is 398 g/mol. The van der Waals surface area contributed by atoms with Gasteiger partial charge in [0.25, 0.3) is 0 Å². The van der Waals surface area contributed by atoms with Gasteiger partial charge < -0.3 is 15.2 Å². The van der Waals surface area contributed by atoms with E-state index >= 15 is 0 Å². The molecule has 2 aromatic heterocycles. The smallest absolute Gasteiger partial charge is 0.315 e. The van der Waals surface area contributed by atoms with Gasteiger partial charge in [-0.15, -0.1) is 0 Å². The summed E-state index contributed by atoms with van der Waals surface area (Å²) in [6, 6.07) is 21.1. The first-order chi connectivity index (χ1) is 14.8. The molecule has 4 aromatic rings. The molecule has 0 bridgehead atoms. The van der Waals surface area contributed by atoms with Crippen LogP contribution in [-0.4, -0.2) is 32.1 Å². The summed E-state index contributed by atoms with van der Waals surface area (Å²) in [4.78, 5) is 25.4. The molecule has 0 saturated heterocycles. The average molecular weight is 398 g/mol. The lowest BCUT2D eigenvalue weighted by molar-refractivity contribution is 0.238. The largest absolute Gasteiger partial charge is 0.336 e. The van der Waals surface area contributed by atoms with Crippen molar-refractivity contribution in [2.24, 2.45) is 0 Å². The van der Waals surface area contributed by atoms with E-state index in [9.17, 15) is 4.79 Å². The average Bonchev–Trinajstić information content (AvgIpc) is 3.28. The number of benzene rings is 2. The highest BCUT2D eigenvalue weighted by atomic mass is 16.2. The van der Waals surface area contributed by atoms with Crippen LogP contribution in [0.1, 0.15) is 17.2 Å². The SMILES string of the molecule is O=C(NCCn1ccnc1-c1ncccn1)NC(c1ccccc1)c1ccccc1. The molecule has 0 radical (unpaired) electrons. The fourth-order valence-corrected chi connectivity index (χ4v) is 3.23. The second kappa shape index (κ2) is 9.47. The molecule has 0 spiro atoms. The van der Waals surface area contributed by atoms with Crippen LogP contribution in [0.3, 0.4) is 0 Å². The Hall–Kier alpha value is -4.00. The van der Waals surface area contributed by atoms with E-state index in [1.807, 2.05) is 71.4 Å².